The van der Waals surface area contributed by atoms with Crippen LogP contribution in [0.1, 0.15) is 5.69 Å². The number of nitrogens with zero attached hydrogens (tertiary/aromatic N) is 4. The van der Waals surface area contributed by atoms with Crippen molar-refractivity contribution in [1.29, 1.82) is 0 Å². The molecule has 0 aliphatic rings. The van der Waals surface area contributed by atoms with Gasteiger partial charge in [0, 0.05) is 42.1 Å². The molecule has 4 N–H and O–H groups in total. The number of H-pyrrole nitrogens is 1. The first-order chi connectivity index (χ1) is 11.7. The van der Waals surface area contributed by atoms with Gasteiger partial charge >= 0.3 is 0 Å². The third kappa shape index (κ3) is 2.67. The summed E-state index contributed by atoms with van der Waals surface area (Å²) in [7, 11) is 1.90. The third-order valence-corrected chi connectivity index (χ3v) is 3.87. The maximum atomic E-state index is 5.98. The topological polar surface area (TPSA) is 97.4 Å². The molecule has 7 nitrogen and oxygen atoms in total. The Bertz CT molecular complexity index is 986. The van der Waals surface area contributed by atoms with Crippen molar-refractivity contribution in [3.63, 3.8) is 0 Å². The quantitative estimate of drug-likeness (QED) is 0.537. The molecule has 7 heteroatoms. The van der Waals surface area contributed by atoms with E-state index in [-0.39, 0.29) is 0 Å². The molecule has 0 saturated carbocycles. The van der Waals surface area contributed by atoms with Crippen molar-refractivity contribution in [3.05, 3.63) is 54.5 Å². The Hall–Kier alpha value is -3.35. The summed E-state index contributed by atoms with van der Waals surface area (Å²) >= 11 is 0. The molecule has 24 heavy (non-hydrogen) atoms. The van der Waals surface area contributed by atoms with Crippen molar-refractivity contribution in [2.45, 2.75) is 6.54 Å². The van der Waals surface area contributed by atoms with Crippen LogP contribution in [0, 0.1) is 0 Å². The van der Waals surface area contributed by atoms with Crippen molar-refractivity contribution < 1.29 is 0 Å². The summed E-state index contributed by atoms with van der Waals surface area (Å²) in [5.41, 5.74) is 10.7. The molecular weight excluding hydrogens is 302 g/mol. The summed E-state index contributed by atoms with van der Waals surface area (Å²) in [4.78, 5) is 4.45. The molecule has 0 unspecified atom stereocenters. The summed E-state index contributed by atoms with van der Waals surface area (Å²) in [6, 6.07) is 11.8. The number of fused-ring (bicyclic) bond motifs is 1. The zero-order valence-corrected chi connectivity index (χ0v) is 13.2. The van der Waals surface area contributed by atoms with E-state index < -0.39 is 0 Å². The van der Waals surface area contributed by atoms with Gasteiger partial charge in [-0.2, -0.15) is 10.2 Å². The number of hydrogen-bond donors (Lipinski definition) is 3. The van der Waals surface area contributed by atoms with Gasteiger partial charge in [-0.25, -0.2) is 4.98 Å². The van der Waals surface area contributed by atoms with Crippen LogP contribution in [0.3, 0.4) is 0 Å². The van der Waals surface area contributed by atoms with Gasteiger partial charge in [0.25, 0.3) is 0 Å². The first-order valence-electron chi connectivity index (χ1n) is 7.61. The minimum atomic E-state index is 0.479. The molecule has 0 saturated heterocycles. The number of hydrogen-bond acceptors (Lipinski definition) is 5. The van der Waals surface area contributed by atoms with E-state index >= 15 is 0 Å². The van der Waals surface area contributed by atoms with E-state index in [1.165, 1.54) is 0 Å². The number of aromatic amines is 1. The normalized spacial score (nSPS) is 11.0. The number of benzene rings is 1. The summed E-state index contributed by atoms with van der Waals surface area (Å²) < 4.78 is 1.78. The van der Waals surface area contributed by atoms with Crippen LogP contribution < -0.4 is 11.1 Å². The lowest BCUT2D eigenvalue weighted by molar-refractivity contribution is 0.747. The third-order valence-electron chi connectivity index (χ3n) is 3.87. The molecule has 0 aliphatic heterocycles. The standard InChI is InChI=1S/C17H17N7/c1-24-7-5-12(23-24)10-19-15-9-17(18)21-16-8-11(2-3-13(15)16)14-4-6-20-22-14/h2-9H,10H2,1H3,(H,20,22)(H3,18,19,21). The zero-order valence-electron chi connectivity index (χ0n) is 13.2. The summed E-state index contributed by atoms with van der Waals surface area (Å²) in [6.07, 6.45) is 3.65. The number of nitrogen functional groups attached to an aromatic ring is 1. The lowest BCUT2D eigenvalue weighted by Crippen LogP contribution is -2.03. The molecule has 0 atom stereocenters. The van der Waals surface area contributed by atoms with Crippen LogP contribution in [-0.2, 0) is 13.6 Å². The molecule has 1 aromatic carbocycles. The smallest absolute Gasteiger partial charge is 0.126 e. The number of pyridine rings is 1. The fraction of sp³-hybridized carbons (Fsp3) is 0.118. The van der Waals surface area contributed by atoms with E-state index in [4.69, 9.17) is 5.73 Å². The van der Waals surface area contributed by atoms with Crippen LogP contribution in [0.4, 0.5) is 11.5 Å². The highest BCUT2D eigenvalue weighted by Gasteiger charge is 2.08. The van der Waals surface area contributed by atoms with Crippen LogP contribution in [0.2, 0.25) is 0 Å². The first-order valence-corrected chi connectivity index (χ1v) is 7.61. The summed E-state index contributed by atoms with van der Waals surface area (Å²) in [5.74, 6) is 0.479. The first kappa shape index (κ1) is 14.3. The van der Waals surface area contributed by atoms with Crippen LogP contribution in [0.15, 0.2) is 48.8 Å². The van der Waals surface area contributed by atoms with Gasteiger partial charge in [0.2, 0.25) is 0 Å². The minimum absolute atomic E-state index is 0.479. The Morgan fingerprint density at radius 2 is 2.12 bits per heavy atom. The molecule has 3 heterocycles. The highest BCUT2D eigenvalue weighted by atomic mass is 15.3. The molecule has 0 bridgehead atoms. The summed E-state index contributed by atoms with van der Waals surface area (Å²) in [6.45, 7) is 0.627. The predicted molar refractivity (Wildman–Crippen MR) is 94.3 cm³/mol. The van der Waals surface area contributed by atoms with Gasteiger partial charge in [-0.05, 0) is 18.2 Å². The SMILES string of the molecule is Cn1ccc(CNc2cc(N)nc3cc(-c4ccn[nH]4)ccc23)n1. The van der Waals surface area contributed by atoms with Crippen LogP contribution in [-0.4, -0.2) is 25.0 Å². The Morgan fingerprint density at radius 3 is 2.88 bits per heavy atom. The van der Waals surface area contributed by atoms with Crippen molar-refractivity contribution in [2.75, 3.05) is 11.1 Å². The molecule has 0 radical (unpaired) electrons. The number of rotatable bonds is 4. The predicted octanol–water partition coefficient (Wildman–Crippen LogP) is 2.55. The molecule has 4 rings (SSSR count). The second kappa shape index (κ2) is 5.69. The van der Waals surface area contributed by atoms with E-state index in [1.54, 1.807) is 10.9 Å². The molecule has 0 aliphatic carbocycles. The van der Waals surface area contributed by atoms with Crippen LogP contribution >= 0.6 is 0 Å². The number of nitrogens with one attached hydrogen (secondary N) is 2. The maximum Gasteiger partial charge on any atom is 0.126 e. The highest BCUT2D eigenvalue weighted by molar-refractivity contribution is 5.95. The number of aryl methyl sites for hydroxylation is 1. The maximum absolute atomic E-state index is 5.98. The molecule has 4 aromatic rings. The lowest BCUT2D eigenvalue weighted by atomic mass is 10.1. The largest absolute Gasteiger partial charge is 0.384 e. The number of anilines is 2. The van der Waals surface area contributed by atoms with Crippen molar-refractivity contribution in [1.82, 2.24) is 25.0 Å². The van der Waals surface area contributed by atoms with Gasteiger partial charge in [0.1, 0.15) is 5.82 Å². The van der Waals surface area contributed by atoms with E-state index in [0.717, 1.165) is 33.5 Å². The molecule has 0 spiro atoms. The van der Waals surface area contributed by atoms with Gasteiger partial charge in [-0.3, -0.25) is 9.78 Å². The molecular formula is C17H17N7. The van der Waals surface area contributed by atoms with E-state index in [2.05, 4.69) is 25.6 Å². The summed E-state index contributed by atoms with van der Waals surface area (Å²) in [5, 5.41) is 15.7. The molecule has 0 amide bonds. The van der Waals surface area contributed by atoms with Gasteiger partial charge in [-0.1, -0.05) is 12.1 Å². The van der Waals surface area contributed by atoms with Gasteiger partial charge in [-0.15, -0.1) is 0 Å². The fourth-order valence-corrected chi connectivity index (χ4v) is 2.72. The number of nitrogens with two attached hydrogens (primary N) is 1. The lowest BCUT2D eigenvalue weighted by Gasteiger charge is -2.10. The van der Waals surface area contributed by atoms with Crippen LogP contribution in [0.25, 0.3) is 22.2 Å². The van der Waals surface area contributed by atoms with E-state index in [1.807, 2.05) is 49.6 Å². The average Bonchev–Trinajstić information content (AvgIpc) is 3.23. The zero-order chi connectivity index (χ0) is 16.5. The molecule has 3 aromatic heterocycles. The second-order valence-electron chi connectivity index (χ2n) is 5.63. The number of aromatic nitrogens is 5. The minimum Gasteiger partial charge on any atom is -0.384 e. The van der Waals surface area contributed by atoms with Crippen molar-refractivity contribution >= 4 is 22.4 Å². The Morgan fingerprint density at radius 1 is 1.21 bits per heavy atom. The monoisotopic (exact) mass is 319 g/mol. The Balaban J connectivity index is 1.70. The highest BCUT2D eigenvalue weighted by Crippen LogP contribution is 2.28. The van der Waals surface area contributed by atoms with Crippen molar-refractivity contribution in [3.8, 4) is 11.3 Å². The van der Waals surface area contributed by atoms with Crippen LogP contribution in [0.5, 0.6) is 0 Å². The molecule has 120 valence electrons. The Kier molecular flexibility index (Phi) is 3.38. The second-order valence-corrected chi connectivity index (χ2v) is 5.63. The van der Waals surface area contributed by atoms with Gasteiger partial charge in [0.15, 0.2) is 0 Å². The van der Waals surface area contributed by atoms with E-state index in [0.29, 0.717) is 12.4 Å². The van der Waals surface area contributed by atoms with Gasteiger partial charge < -0.3 is 11.1 Å². The Labute approximate surface area is 138 Å². The fourth-order valence-electron chi connectivity index (χ4n) is 2.72. The van der Waals surface area contributed by atoms with E-state index in [9.17, 15) is 0 Å². The van der Waals surface area contributed by atoms with Crippen molar-refractivity contribution in [2.24, 2.45) is 7.05 Å². The molecule has 0 fully saturated rings. The van der Waals surface area contributed by atoms with Gasteiger partial charge in [0.05, 0.1) is 23.4 Å². The average molecular weight is 319 g/mol.